The summed E-state index contributed by atoms with van der Waals surface area (Å²) >= 11 is 0. The molecule has 0 aromatic heterocycles. The van der Waals surface area contributed by atoms with Crippen LogP contribution in [-0.2, 0) is 12.6 Å². The number of carbonyl (C=O) groups is 1. The quantitative estimate of drug-likeness (QED) is 0.568. The molecule has 1 aromatic carbocycles. The van der Waals surface area contributed by atoms with Crippen LogP contribution in [0.1, 0.15) is 44.2 Å². The highest BCUT2D eigenvalue weighted by molar-refractivity contribution is 5.76. The van der Waals surface area contributed by atoms with Gasteiger partial charge in [0.05, 0.1) is 5.56 Å². The second kappa shape index (κ2) is 10.5. The third kappa shape index (κ3) is 6.86. The maximum absolute atomic E-state index is 12.9. The van der Waals surface area contributed by atoms with Gasteiger partial charge in [0.15, 0.2) is 0 Å². The number of unbranched alkanes of at least 4 members (excludes halogenated alkanes) is 1. The number of benzene rings is 1. The maximum atomic E-state index is 12.9. The van der Waals surface area contributed by atoms with Crippen molar-refractivity contribution < 1.29 is 18.0 Å². The standard InChI is InChI=1S/C21H30F3N3O/c1-3-19(25-10-4-5-12-27-13-7-11-26-20(27)28)16(2)14-17-8-6-9-18(15-17)21(22,23)24/h6-9,13,15-16,19,25H,3-5,10-12,14H2,1-2H3,(H,26,28). The molecule has 2 unspecified atom stereocenters. The summed E-state index contributed by atoms with van der Waals surface area (Å²) in [5.41, 5.74) is 0.125. The highest BCUT2D eigenvalue weighted by Crippen LogP contribution is 2.30. The van der Waals surface area contributed by atoms with Crippen molar-refractivity contribution >= 4 is 6.03 Å². The Morgan fingerprint density at radius 3 is 2.75 bits per heavy atom. The number of alkyl halides is 3. The van der Waals surface area contributed by atoms with Gasteiger partial charge in [-0.3, -0.25) is 0 Å². The Kier molecular flexibility index (Phi) is 8.35. The Morgan fingerprint density at radius 1 is 1.29 bits per heavy atom. The van der Waals surface area contributed by atoms with Crippen LogP contribution in [0.5, 0.6) is 0 Å². The first-order valence-electron chi connectivity index (χ1n) is 9.92. The molecular weight excluding hydrogens is 367 g/mol. The lowest BCUT2D eigenvalue weighted by molar-refractivity contribution is -0.137. The fourth-order valence-corrected chi connectivity index (χ4v) is 3.50. The van der Waals surface area contributed by atoms with Crippen LogP contribution < -0.4 is 10.6 Å². The summed E-state index contributed by atoms with van der Waals surface area (Å²) in [6.07, 6.45) is 2.78. The van der Waals surface area contributed by atoms with Crippen LogP contribution in [0.25, 0.3) is 0 Å². The van der Waals surface area contributed by atoms with Gasteiger partial charge in [0.25, 0.3) is 0 Å². The molecule has 2 amide bonds. The molecule has 1 aliphatic heterocycles. The molecule has 28 heavy (non-hydrogen) atoms. The number of rotatable bonds is 10. The monoisotopic (exact) mass is 397 g/mol. The second-order valence-corrected chi connectivity index (χ2v) is 7.32. The second-order valence-electron chi connectivity index (χ2n) is 7.32. The predicted molar refractivity (Wildman–Crippen MR) is 105 cm³/mol. The molecule has 1 aromatic rings. The molecule has 2 atom stereocenters. The normalized spacial score (nSPS) is 16.8. The van der Waals surface area contributed by atoms with Gasteiger partial charge in [-0.15, -0.1) is 0 Å². The van der Waals surface area contributed by atoms with E-state index in [0.29, 0.717) is 25.1 Å². The Bertz CT molecular complexity index is 661. The van der Waals surface area contributed by atoms with E-state index in [9.17, 15) is 18.0 Å². The first kappa shape index (κ1) is 22.3. The number of carbonyl (C=O) groups excluding carboxylic acids is 1. The van der Waals surface area contributed by atoms with Gasteiger partial charge in [-0.1, -0.05) is 32.0 Å². The van der Waals surface area contributed by atoms with Gasteiger partial charge in [-0.2, -0.15) is 13.2 Å². The highest BCUT2D eigenvalue weighted by atomic mass is 19.4. The van der Waals surface area contributed by atoms with Gasteiger partial charge in [0.1, 0.15) is 0 Å². The fourth-order valence-electron chi connectivity index (χ4n) is 3.50. The molecule has 0 spiro atoms. The summed E-state index contributed by atoms with van der Waals surface area (Å²) in [7, 11) is 0. The molecule has 0 bridgehead atoms. The SMILES string of the molecule is CCC(NCCCCN1C=CCNC1=O)C(C)Cc1cccc(C(F)(F)F)c1. The van der Waals surface area contributed by atoms with Crippen molar-refractivity contribution in [2.45, 2.75) is 51.7 Å². The summed E-state index contributed by atoms with van der Waals surface area (Å²) < 4.78 is 38.6. The lowest BCUT2D eigenvalue weighted by atomic mass is 9.91. The number of nitrogens with zero attached hydrogens (tertiary/aromatic N) is 1. The molecule has 1 heterocycles. The highest BCUT2D eigenvalue weighted by Gasteiger charge is 2.30. The lowest BCUT2D eigenvalue weighted by Gasteiger charge is -2.25. The maximum Gasteiger partial charge on any atom is 0.416 e. The van der Waals surface area contributed by atoms with E-state index < -0.39 is 11.7 Å². The van der Waals surface area contributed by atoms with E-state index in [1.54, 1.807) is 11.0 Å². The molecular formula is C21H30F3N3O. The predicted octanol–water partition coefficient (Wildman–Crippen LogP) is 4.57. The summed E-state index contributed by atoms with van der Waals surface area (Å²) in [4.78, 5) is 13.3. The number of hydrogen-bond acceptors (Lipinski definition) is 2. The van der Waals surface area contributed by atoms with Crippen LogP contribution in [0.4, 0.5) is 18.0 Å². The van der Waals surface area contributed by atoms with Crippen LogP contribution in [0.15, 0.2) is 36.5 Å². The number of amides is 2. The number of urea groups is 1. The zero-order valence-electron chi connectivity index (χ0n) is 16.6. The largest absolute Gasteiger partial charge is 0.416 e. The minimum Gasteiger partial charge on any atom is -0.334 e. The molecule has 0 saturated carbocycles. The number of hydrogen-bond donors (Lipinski definition) is 2. The first-order chi connectivity index (χ1) is 13.3. The molecule has 0 saturated heterocycles. The third-order valence-corrected chi connectivity index (χ3v) is 5.09. The molecule has 0 radical (unpaired) electrons. The van der Waals surface area contributed by atoms with Crippen molar-refractivity contribution in [3.8, 4) is 0 Å². The molecule has 1 aliphatic rings. The molecule has 156 valence electrons. The summed E-state index contributed by atoms with van der Waals surface area (Å²) in [6.45, 7) is 6.25. The van der Waals surface area contributed by atoms with E-state index in [0.717, 1.165) is 31.9 Å². The van der Waals surface area contributed by atoms with Gasteiger partial charge in [-0.05, 0) is 55.9 Å². The minimum absolute atomic E-state index is 0.0587. The van der Waals surface area contributed by atoms with Gasteiger partial charge in [0.2, 0.25) is 0 Å². The van der Waals surface area contributed by atoms with Crippen molar-refractivity contribution in [2.75, 3.05) is 19.6 Å². The van der Waals surface area contributed by atoms with Gasteiger partial charge in [-0.25, -0.2) is 4.79 Å². The van der Waals surface area contributed by atoms with Gasteiger partial charge >= 0.3 is 12.2 Å². The van der Waals surface area contributed by atoms with E-state index in [1.165, 1.54) is 12.1 Å². The fraction of sp³-hybridized carbons (Fsp3) is 0.571. The van der Waals surface area contributed by atoms with Gasteiger partial charge < -0.3 is 15.5 Å². The van der Waals surface area contributed by atoms with Crippen LogP contribution in [0.2, 0.25) is 0 Å². The molecule has 0 fully saturated rings. The molecule has 2 rings (SSSR count). The molecule has 4 nitrogen and oxygen atoms in total. The number of nitrogens with one attached hydrogen (secondary N) is 2. The lowest BCUT2D eigenvalue weighted by Crippen LogP contribution is -2.40. The Labute approximate surface area is 165 Å². The van der Waals surface area contributed by atoms with Crippen molar-refractivity contribution in [2.24, 2.45) is 5.92 Å². The van der Waals surface area contributed by atoms with Crippen LogP contribution >= 0.6 is 0 Å². The molecule has 7 heteroatoms. The van der Waals surface area contributed by atoms with Crippen LogP contribution in [-0.4, -0.2) is 36.6 Å². The van der Waals surface area contributed by atoms with E-state index in [2.05, 4.69) is 24.5 Å². The van der Waals surface area contributed by atoms with E-state index >= 15 is 0 Å². The summed E-state index contributed by atoms with van der Waals surface area (Å²) in [5, 5.41) is 6.29. The van der Waals surface area contributed by atoms with Crippen molar-refractivity contribution in [3.05, 3.63) is 47.7 Å². The Morgan fingerprint density at radius 2 is 2.07 bits per heavy atom. The zero-order chi connectivity index (χ0) is 20.6. The van der Waals surface area contributed by atoms with Crippen molar-refractivity contribution in [1.29, 1.82) is 0 Å². The average Bonchev–Trinajstić information content (AvgIpc) is 2.65. The zero-order valence-corrected chi connectivity index (χ0v) is 16.6. The van der Waals surface area contributed by atoms with Crippen molar-refractivity contribution in [3.63, 3.8) is 0 Å². The minimum atomic E-state index is -4.30. The smallest absolute Gasteiger partial charge is 0.334 e. The average molecular weight is 397 g/mol. The summed E-state index contributed by atoms with van der Waals surface area (Å²) in [6, 6.07) is 5.78. The Balaban J connectivity index is 1.75. The van der Waals surface area contributed by atoms with Crippen molar-refractivity contribution in [1.82, 2.24) is 15.5 Å². The Hall–Kier alpha value is -2.02. The topological polar surface area (TPSA) is 44.4 Å². The number of halogens is 3. The third-order valence-electron chi connectivity index (χ3n) is 5.09. The molecule has 0 aliphatic carbocycles. The van der Waals surface area contributed by atoms with E-state index in [4.69, 9.17) is 0 Å². The van der Waals surface area contributed by atoms with Gasteiger partial charge in [0, 0.05) is 25.3 Å². The first-order valence-corrected chi connectivity index (χ1v) is 9.92. The summed E-state index contributed by atoms with van der Waals surface area (Å²) in [5.74, 6) is 0.226. The van der Waals surface area contributed by atoms with E-state index in [-0.39, 0.29) is 18.0 Å². The van der Waals surface area contributed by atoms with Crippen LogP contribution in [0.3, 0.4) is 0 Å². The van der Waals surface area contributed by atoms with Crippen LogP contribution in [0, 0.1) is 5.92 Å². The van der Waals surface area contributed by atoms with E-state index in [1.807, 2.05) is 12.3 Å². The molecule has 2 N–H and O–H groups in total.